The van der Waals surface area contributed by atoms with Gasteiger partial charge in [0, 0.05) is 11.2 Å². The number of rotatable bonds is 5. The van der Waals surface area contributed by atoms with E-state index in [0.29, 0.717) is 5.56 Å². The van der Waals surface area contributed by atoms with Crippen molar-refractivity contribution in [1.29, 1.82) is 0 Å². The van der Waals surface area contributed by atoms with Gasteiger partial charge in [-0.3, -0.25) is 9.59 Å². The molecule has 2 rings (SSSR count). The second-order valence-corrected chi connectivity index (χ2v) is 9.59. The van der Waals surface area contributed by atoms with E-state index >= 15 is 0 Å². The third kappa shape index (κ3) is 3.58. The van der Waals surface area contributed by atoms with Crippen LogP contribution in [0.15, 0.2) is 12.1 Å². The fourth-order valence-corrected chi connectivity index (χ4v) is 6.83. The van der Waals surface area contributed by atoms with E-state index in [0.717, 1.165) is 42.4 Å². The lowest BCUT2D eigenvalue weighted by Gasteiger charge is -2.24. The van der Waals surface area contributed by atoms with Crippen molar-refractivity contribution in [2.24, 2.45) is 0 Å². The molecule has 0 aromatic heterocycles. The molecule has 1 atom stereocenters. The van der Waals surface area contributed by atoms with Crippen LogP contribution in [-0.4, -0.2) is 30.4 Å². The molecule has 0 radical (unpaired) electrons. The highest BCUT2D eigenvalue weighted by atomic mass is 31.2. The van der Waals surface area contributed by atoms with Crippen LogP contribution in [0.25, 0.3) is 0 Å². The highest BCUT2D eigenvalue weighted by molar-refractivity contribution is 7.82. The third-order valence-electron chi connectivity index (χ3n) is 4.74. The first-order valence-corrected chi connectivity index (χ1v) is 10.0. The average Bonchev–Trinajstić information content (AvgIpc) is 3.00. The minimum absolute atomic E-state index is 0.186. The van der Waals surface area contributed by atoms with Crippen LogP contribution in [0.4, 0.5) is 0 Å². The van der Waals surface area contributed by atoms with Gasteiger partial charge in [-0.1, -0.05) is 30.5 Å². The van der Waals surface area contributed by atoms with Crippen LogP contribution in [0, 0.1) is 20.8 Å². The number of ether oxygens (including phenoxy) is 1. The predicted molar refractivity (Wildman–Crippen MR) is 91.7 cm³/mol. The van der Waals surface area contributed by atoms with Crippen molar-refractivity contribution in [3.63, 3.8) is 0 Å². The Labute approximate surface area is 138 Å². The van der Waals surface area contributed by atoms with Crippen LogP contribution >= 0.6 is 7.14 Å². The first-order chi connectivity index (χ1) is 10.8. The summed E-state index contributed by atoms with van der Waals surface area (Å²) >= 11 is 0. The lowest BCUT2D eigenvalue weighted by molar-refractivity contribution is -0.137. The quantitative estimate of drug-likeness (QED) is 0.596. The molecule has 0 bridgehead atoms. The van der Waals surface area contributed by atoms with Gasteiger partial charge in [0.05, 0.1) is 7.11 Å². The summed E-state index contributed by atoms with van der Waals surface area (Å²) in [7, 11) is -2.06. The fourth-order valence-electron chi connectivity index (χ4n) is 3.65. The zero-order valence-corrected chi connectivity index (χ0v) is 15.2. The molecule has 1 unspecified atom stereocenters. The molecule has 1 fully saturated rings. The molecule has 1 aromatic carbocycles. The van der Waals surface area contributed by atoms with Crippen molar-refractivity contribution >= 4 is 18.6 Å². The average molecular weight is 336 g/mol. The number of hydrogen-bond acceptors (Lipinski definition) is 4. The Bertz CT molecular complexity index is 649. The smallest absolute Gasteiger partial charge is 0.313 e. The molecule has 0 amide bonds. The second-order valence-electron chi connectivity index (χ2n) is 6.55. The first kappa shape index (κ1) is 17.9. The number of carbonyl (C=O) groups excluding carboxylic acids is 2. The largest absolute Gasteiger partial charge is 0.469 e. The van der Waals surface area contributed by atoms with Gasteiger partial charge in [0.15, 0.2) is 7.14 Å². The maximum absolute atomic E-state index is 13.6. The summed E-state index contributed by atoms with van der Waals surface area (Å²) in [5.41, 5.74) is 2.72. The van der Waals surface area contributed by atoms with Gasteiger partial charge in [-0.2, -0.15) is 0 Å². The van der Waals surface area contributed by atoms with Crippen LogP contribution in [-0.2, 0) is 14.1 Å². The number of benzene rings is 1. The molecule has 5 heteroatoms. The van der Waals surface area contributed by atoms with E-state index < -0.39 is 13.1 Å². The zero-order valence-electron chi connectivity index (χ0n) is 14.3. The third-order valence-corrected chi connectivity index (χ3v) is 8.08. The predicted octanol–water partition coefficient (Wildman–Crippen LogP) is 4.23. The zero-order chi connectivity index (χ0) is 17.2. The van der Waals surface area contributed by atoms with Crippen molar-refractivity contribution in [1.82, 2.24) is 0 Å². The van der Waals surface area contributed by atoms with Gasteiger partial charge in [0.2, 0.25) is 5.52 Å². The minimum Gasteiger partial charge on any atom is -0.469 e. The van der Waals surface area contributed by atoms with Gasteiger partial charge in [-0.25, -0.2) is 0 Å². The highest BCUT2D eigenvalue weighted by Crippen LogP contribution is 2.59. The lowest BCUT2D eigenvalue weighted by atomic mass is 10.0. The molecule has 1 aliphatic rings. The van der Waals surface area contributed by atoms with Crippen LogP contribution in [0.2, 0.25) is 0 Å². The molecule has 1 saturated carbocycles. The maximum Gasteiger partial charge on any atom is 0.313 e. The van der Waals surface area contributed by atoms with Gasteiger partial charge in [0.1, 0.15) is 6.16 Å². The van der Waals surface area contributed by atoms with Crippen molar-refractivity contribution in [2.75, 3.05) is 13.3 Å². The monoisotopic (exact) mass is 336 g/mol. The van der Waals surface area contributed by atoms with Crippen molar-refractivity contribution in [3.05, 3.63) is 34.4 Å². The Kier molecular flexibility index (Phi) is 5.46. The van der Waals surface area contributed by atoms with E-state index in [1.54, 1.807) is 0 Å². The standard InChI is InChI=1S/C18H25O4P/c1-12-9-13(2)17(14(3)10-12)18(20)23(21,11-16(19)22-4)15-7-5-6-8-15/h9-10,15H,5-8,11H2,1-4H3. The summed E-state index contributed by atoms with van der Waals surface area (Å²) in [5.74, 6) is -0.559. The first-order valence-electron chi connectivity index (χ1n) is 8.08. The van der Waals surface area contributed by atoms with Gasteiger partial charge in [-0.05, 0) is 44.7 Å². The van der Waals surface area contributed by atoms with Gasteiger partial charge in [0.25, 0.3) is 0 Å². The number of carbonyl (C=O) groups is 2. The molecule has 0 spiro atoms. The van der Waals surface area contributed by atoms with E-state index in [1.165, 1.54) is 7.11 Å². The van der Waals surface area contributed by atoms with Gasteiger partial charge in [-0.15, -0.1) is 0 Å². The van der Waals surface area contributed by atoms with Crippen molar-refractivity contribution in [2.45, 2.75) is 52.1 Å². The summed E-state index contributed by atoms with van der Waals surface area (Å²) in [6.07, 6.45) is 3.16. The van der Waals surface area contributed by atoms with Crippen molar-refractivity contribution in [3.8, 4) is 0 Å². The van der Waals surface area contributed by atoms with E-state index in [1.807, 2.05) is 32.9 Å². The summed E-state index contributed by atoms with van der Waals surface area (Å²) in [4.78, 5) is 25.0. The van der Waals surface area contributed by atoms with E-state index in [-0.39, 0.29) is 17.3 Å². The normalized spacial score (nSPS) is 17.7. The van der Waals surface area contributed by atoms with Crippen LogP contribution < -0.4 is 0 Å². The van der Waals surface area contributed by atoms with E-state index in [4.69, 9.17) is 4.74 Å². The number of aryl methyl sites for hydroxylation is 3. The Hall–Kier alpha value is -1.41. The minimum atomic E-state index is -3.34. The number of methoxy groups -OCH3 is 1. The summed E-state index contributed by atoms with van der Waals surface area (Å²) < 4.78 is 18.3. The molecule has 126 valence electrons. The van der Waals surface area contributed by atoms with Crippen LogP contribution in [0.5, 0.6) is 0 Å². The van der Waals surface area contributed by atoms with Crippen molar-refractivity contribution < 1.29 is 18.9 Å². The molecule has 0 aliphatic heterocycles. The van der Waals surface area contributed by atoms with Crippen LogP contribution in [0.3, 0.4) is 0 Å². The molecule has 1 aliphatic carbocycles. The van der Waals surface area contributed by atoms with E-state index in [9.17, 15) is 14.2 Å². The van der Waals surface area contributed by atoms with Crippen LogP contribution in [0.1, 0.15) is 52.7 Å². The highest BCUT2D eigenvalue weighted by Gasteiger charge is 2.44. The Balaban J connectivity index is 2.49. The number of esters is 1. The molecule has 23 heavy (non-hydrogen) atoms. The molecule has 0 saturated heterocycles. The molecule has 0 heterocycles. The maximum atomic E-state index is 13.6. The SMILES string of the molecule is COC(=O)CP(=O)(C(=O)c1c(C)cc(C)cc1C)C1CCCC1. The van der Waals surface area contributed by atoms with Gasteiger partial charge < -0.3 is 9.30 Å². The molecular formula is C18H25O4P. The molecule has 4 nitrogen and oxygen atoms in total. The summed E-state index contributed by atoms with van der Waals surface area (Å²) in [6.45, 7) is 5.70. The molecule has 0 N–H and O–H groups in total. The fraction of sp³-hybridized carbons (Fsp3) is 0.556. The summed E-state index contributed by atoms with van der Waals surface area (Å²) in [5, 5.41) is 0. The lowest BCUT2D eigenvalue weighted by Crippen LogP contribution is -2.21. The number of hydrogen-bond donors (Lipinski definition) is 0. The van der Waals surface area contributed by atoms with E-state index in [2.05, 4.69) is 0 Å². The molecular weight excluding hydrogens is 311 g/mol. The molecule has 1 aromatic rings. The summed E-state index contributed by atoms with van der Waals surface area (Å²) in [6, 6.07) is 3.86. The Morgan fingerprint density at radius 1 is 1.13 bits per heavy atom. The second kappa shape index (κ2) is 7.00. The Morgan fingerprint density at radius 3 is 2.13 bits per heavy atom. The Morgan fingerprint density at radius 2 is 1.65 bits per heavy atom. The topological polar surface area (TPSA) is 60.4 Å². The van der Waals surface area contributed by atoms with Gasteiger partial charge >= 0.3 is 5.97 Å².